The van der Waals surface area contributed by atoms with Crippen LogP contribution in [0.5, 0.6) is 0 Å². The lowest BCUT2D eigenvalue weighted by Gasteiger charge is -2.39. The van der Waals surface area contributed by atoms with Crippen LogP contribution in [0.4, 0.5) is 0 Å². The third-order valence-electron chi connectivity index (χ3n) is 11.0. The van der Waals surface area contributed by atoms with Gasteiger partial charge in [0.05, 0.1) is 5.69 Å². The van der Waals surface area contributed by atoms with Gasteiger partial charge in [0.1, 0.15) is 0 Å². The summed E-state index contributed by atoms with van der Waals surface area (Å²) in [6.07, 6.45) is 21.1. The molecule has 0 aliphatic heterocycles. The average molecular weight is 649 g/mol. The molecule has 3 aliphatic rings. The topological polar surface area (TPSA) is 51.6 Å². The van der Waals surface area contributed by atoms with Crippen LogP contribution in [0.25, 0.3) is 44.7 Å². The molecule has 0 amide bonds. The van der Waals surface area contributed by atoms with E-state index in [1.807, 2.05) is 6.20 Å². The summed E-state index contributed by atoms with van der Waals surface area (Å²) in [6.45, 7) is 0. The van der Waals surface area contributed by atoms with Crippen LogP contribution >= 0.6 is 0 Å². The first-order valence-corrected chi connectivity index (χ1v) is 18.2. The van der Waals surface area contributed by atoms with Gasteiger partial charge in [0, 0.05) is 33.9 Å². The number of benzene rings is 4. The Bertz CT molecular complexity index is 2290. The van der Waals surface area contributed by atoms with E-state index >= 15 is 0 Å². The number of fused-ring (bicyclic) bond motifs is 2. The number of rotatable bonds is 6. The van der Waals surface area contributed by atoms with Gasteiger partial charge in [-0.15, -0.1) is 0 Å². The molecule has 0 unspecified atom stereocenters. The van der Waals surface area contributed by atoms with Crippen molar-refractivity contribution < 1.29 is 0 Å². The average Bonchev–Trinajstić information content (AvgIpc) is 3.21. The fourth-order valence-corrected chi connectivity index (χ4v) is 8.28. The van der Waals surface area contributed by atoms with E-state index in [0.29, 0.717) is 11.6 Å². The Morgan fingerprint density at radius 2 is 1.24 bits per heavy atom. The quantitative estimate of drug-likeness (QED) is 0.180. The standard InChI is InChI=1S/C46H40N4/c1-3-12-35(13-4-1)43-48-44(50-45(49-43)38-19-18-32-11-5-6-14-37(32)31-38)36-22-26-40(27-23-36)46(28-7-2-8-29-46)39-24-20-33(21-25-39)41-17-9-15-34-16-10-30-47-42(34)41/h3,5-6,10-14,16-27,30-31H,1-2,4,7-9,15,28-29H2. The Labute approximate surface area is 294 Å². The van der Waals surface area contributed by atoms with E-state index in [2.05, 4.69) is 127 Å². The zero-order valence-electron chi connectivity index (χ0n) is 28.4. The molecule has 1 fully saturated rings. The van der Waals surface area contributed by atoms with E-state index < -0.39 is 0 Å². The second-order valence-electron chi connectivity index (χ2n) is 14.0. The molecule has 3 aliphatic carbocycles. The first-order chi connectivity index (χ1) is 24.7. The molecule has 244 valence electrons. The van der Waals surface area contributed by atoms with E-state index in [1.165, 1.54) is 57.9 Å². The summed E-state index contributed by atoms with van der Waals surface area (Å²) in [6, 6.07) is 37.7. The van der Waals surface area contributed by atoms with Crippen molar-refractivity contribution in [2.24, 2.45) is 0 Å². The molecule has 0 saturated heterocycles. The van der Waals surface area contributed by atoms with Crippen LogP contribution in [0.15, 0.2) is 134 Å². The molecule has 4 heteroatoms. The number of hydrogen-bond donors (Lipinski definition) is 0. The maximum atomic E-state index is 5.08. The smallest absolute Gasteiger partial charge is 0.164 e. The molecule has 0 spiro atoms. The van der Waals surface area contributed by atoms with E-state index in [0.717, 1.165) is 66.7 Å². The molecule has 9 rings (SSSR count). The molecule has 4 aromatic carbocycles. The molecular weight excluding hydrogens is 609 g/mol. The highest BCUT2D eigenvalue weighted by Crippen LogP contribution is 2.46. The molecule has 4 nitrogen and oxygen atoms in total. The highest BCUT2D eigenvalue weighted by atomic mass is 15.0. The lowest BCUT2D eigenvalue weighted by molar-refractivity contribution is 0.346. The Morgan fingerprint density at radius 3 is 2.00 bits per heavy atom. The second kappa shape index (κ2) is 13.1. The van der Waals surface area contributed by atoms with Crippen LogP contribution in [0.3, 0.4) is 0 Å². The first-order valence-electron chi connectivity index (χ1n) is 18.2. The number of nitrogens with zero attached hydrogens (tertiary/aromatic N) is 4. The zero-order chi connectivity index (χ0) is 33.3. The highest BCUT2D eigenvalue weighted by molar-refractivity contribution is 5.87. The van der Waals surface area contributed by atoms with Crippen molar-refractivity contribution >= 4 is 21.9 Å². The van der Waals surface area contributed by atoms with Crippen LogP contribution in [0.1, 0.15) is 85.1 Å². The molecule has 0 atom stereocenters. The lowest BCUT2D eigenvalue weighted by atomic mass is 9.65. The largest absolute Gasteiger partial charge is 0.256 e. The maximum absolute atomic E-state index is 5.08. The van der Waals surface area contributed by atoms with E-state index in [9.17, 15) is 0 Å². The van der Waals surface area contributed by atoms with Gasteiger partial charge < -0.3 is 0 Å². The fraction of sp³-hybridized carbons (Fsp3) is 0.217. The highest BCUT2D eigenvalue weighted by Gasteiger charge is 2.36. The summed E-state index contributed by atoms with van der Waals surface area (Å²) in [5.41, 5.74) is 10.8. The minimum atomic E-state index is -0.00929. The number of pyridine rings is 1. The summed E-state index contributed by atoms with van der Waals surface area (Å²) in [4.78, 5) is 19.9. The van der Waals surface area contributed by atoms with Crippen LogP contribution in [0.2, 0.25) is 0 Å². The van der Waals surface area contributed by atoms with Crippen LogP contribution < -0.4 is 0 Å². The Balaban J connectivity index is 1.07. The fourth-order valence-electron chi connectivity index (χ4n) is 8.28. The van der Waals surface area contributed by atoms with Gasteiger partial charge in [0.2, 0.25) is 0 Å². The molecule has 2 heterocycles. The van der Waals surface area contributed by atoms with Crippen molar-refractivity contribution in [1.82, 2.24) is 19.9 Å². The van der Waals surface area contributed by atoms with Gasteiger partial charge in [-0.05, 0) is 83.7 Å². The van der Waals surface area contributed by atoms with Crippen LogP contribution in [-0.2, 0) is 11.8 Å². The van der Waals surface area contributed by atoms with Gasteiger partial charge in [-0.1, -0.05) is 135 Å². The molecule has 0 radical (unpaired) electrons. The Hall–Kier alpha value is -5.48. The molecule has 1 saturated carbocycles. The number of aryl methyl sites for hydroxylation is 1. The van der Waals surface area contributed by atoms with Crippen molar-refractivity contribution in [3.05, 3.63) is 167 Å². The summed E-state index contributed by atoms with van der Waals surface area (Å²) in [5.74, 6) is 2.14. The van der Waals surface area contributed by atoms with Gasteiger partial charge in [-0.3, -0.25) is 4.98 Å². The number of allylic oxidation sites excluding steroid dienone is 5. The summed E-state index contributed by atoms with van der Waals surface area (Å²) >= 11 is 0. The number of aromatic nitrogens is 4. The number of hydrogen-bond acceptors (Lipinski definition) is 4. The second-order valence-corrected chi connectivity index (χ2v) is 14.0. The Kier molecular flexibility index (Phi) is 8.01. The van der Waals surface area contributed by atoms with E-state index in [-0.39, 0.29) is 5.41 Å². The van der Waals surface area contributed by atoms with Crippen LogP contribution in [0, 0.1) is 0 Å². The van der Waals surface area contributed by atoms with Crippen molar-refractivity contribution in [1.29, 1.82) is 0 Å². The summed E-state index contributed by atoms with van der Waals surface area (Å²) < 4.78 is 0. The summed E-state index contributed by atoms with van der Waals surface area (Å²) in [5, 5.41) is 2.39. The van der Waals surface area contributed by atoms with Crippen molar-refractivity contribution in [3.63, 3.8) is 0 Å². The summed E-state index contributed by atoms with van der Waals surface area (Å²) in [7, 11) is 0. The van der Waals surface area contributed by atoms with Crippen molar-refractivity contribution in [2.75, 3.05) is 0 Å². The van der Waals surface area contributed by atoms with E-state index in [1.54, 1.807) is 0 Å². The molecule has 0 N–H and O–H groups in total. The molecule has 2 aromatic heterocycles. The third-order valence-corrected chi connectivity index (χ3v) is 11.0. The lowest BCUT2D eigenvalue weighted by Crippen LogP contribution is -2.30. The van der Waals surface area contributed by atoms with E-state index in [4.69, 9.17) is 19.9 Å². The molecule has 6 aromatic rings. The normalized spacial score (nSPS) is 16.8. The van der Waals surface area contributed by atoms with Gasteiger partial charge >= 0.3 is 0 Å². The van der Waals surface area contributed by atoms with Gasteiger partial charge in [0.25, 0.3) is 0 Å². The van der Waals surface area contributed by atoms with Crippen molar-refractivity contribution in [2.45, 2.75) is 63.2 Å². The predicted octanol–water partition coefficient (Wildman–Crippen LogP) is 11.1. The SMILES string of the molecule is C1=CC(c2nc(-c3ccc(C4(c5ccc(C6=CCCc7cccnc76)cc5)CCCCC4)cc3)nc(-c3ccc4ccccc4c3)n2)=CCC1. The first kappa shape index (κ1) is 30.6. The maximum Gasteiger partial charge on any atom is 0.164 e. The molecular formula is C46H40N4. The van der Waals surface area contributed by atoms with Crippen molar-refractivity contribution in [3.8, 4) is 22.8 Å². The third kappa shape index (κ3) is 5.69. The van der Waals surface area contributed by atoms with Gasteiger partial charge in [0.15, 0.2) is 17.5 Å². The van der Waals surface area contributed by atoms with Gasteiger partial charge in [-0.2, -0.15) is 0 Å². The molecule has 0 bridgehead atoms. The minimum Gasteiger partial charge on any atom is -0.256 e. The monoisotopic (exact) mass is 648 g/mol. The zero-order valence-corrected chi connectivity index (χ0v) is 28.4. The van der Waals surface area contributed by atoms with Gasteiger partial charge in [-0.25, -0.2) is 15.0 Å². The predicted molar refractivity (Wildman–Crippen MR) is 204 cm³/mol. The van der Waals surface area contributed by atoms with Crippen LogP contribution in [-0.4, -0.2) is 19.9 Å². The molecule has 50 heavy (non-hydrogen) atoms. The minimum absolute atomic E-state index is 0.00929. The Morgan fingerprint density at radius 1 is 0.540 bits per heavy atom.